The van der Waals surface area contributed by atoms with Gasteiger partial charge in [-0.25, -0.2) is 8.42 Å². The van der Waals surface area contributed by atoms with Crippen molar-refractivity contribution in [2.75, 3.05) is 26.4 Å². The average Bonchev–Trinajstić information content (AvgIpc) is 2.95. The number of benzene rings is 3. The van der Waals surface area contributed by atoms with Crippen LogP contribution in [-0.4, -0.2) is 49.6 Å². The minimum Gasteiger partial charge on any atom is -0.744 e. The van der Waals surface area contributed by atoms with Crippen molar-refractivity contribution < 1.29 is 62.2 Å². The summed E-state index contributed by atoms with van der Waals surface area (Å²) < 4.78 is 47.9. The van der Waals surface area contributed by atoms with Crippen LogP contribution in [0.4, 0.5) is 0 Å². The Bertz CT molecular complexity index is 1380. The standard InChI is InChI=1S/C31H36O7S2.Na/c1-2-3-22-38-25-14-16-26(17-15-25)39-30-18-13-24(23-31(30)40(34,35)36)27-10-5-6-11-28(27)29(33)12-9-21-37-20-8-4-7-19-32;/h5-6,10-11,13-18,23,29,32-33H,2-4,7-8,19-22H2,1H3,(H,34,35,36);/q;+1/p-1. The van der Waals surface area contributed by atoms with Gasteiger partial charge in [-0.2, -0.15) is 0 Å². The number of ether oxygens (including phenoxy) is 2. The molecule has 0 spiro atoms. The van der Waals surface area contributed by atoms with E-state index in [2.05, 4.69) is 18.8 Å². The first-order valence-electron chi connectivity index (χ1n) is 13.3. The third kappa shape index (κ3) is 11.8. The van der Waals surface area contributed by atoms with Gasteiger partial charge in [0.15, 0.2) is 0 Å². The van der Waals surface area contributed by atoms with Gasteiger partial charge in [0.2, 0.25) is 0 Å². The zero-order valence-corrected chi connectivity index (χ0v) is 27.2. The van der Waals surface area contributed by atoms with Crippen LogP contribution in [0.15, 0.2) is 81.4 Å². The number of aliphatic hydroxyl groups excluding tert-OH is 2. The Morgan fingerprint density at radius 1 is 0.976 bits per heavy atom. The molecule has 0 heterocycles. The number of hydrogen-bond acceptors (Lipinski definition) is 8. The summed E-state index contributed by atoms with van der Waals surface area (Å²) in [7, 11) is -4.79. The van der Waals surface area contributed by atoms with Crippen molar-refractivity contribution in [3.8, 4) is 28.7 Å². The minimum absolute atomic E-state index is 0. The van der Waals surface area contributed by atoms with E-state index in [-0.39, 0.29) is 47.7 Å². The summed E-state index contributed by atoms with van der Waals surface area (Å²) in [4.78, 5) is 0.748. The molecule has 2 N–H and O–H groups in total. The predicted octanol–water partition coefficient (Wildman–Crippen LogP) is 2.81. The van der Waals surface area contributed by atoms with E-state index in [1.807, 2.05) is 24.3 Å². The molecule has 214 valence electrons. The molecule has 3 rings (SSSR count). The van der Waals surface area contributed by atoms with Gasteiger partial charge in [-0.15, -0.1) is 0 Å². The van der Waals surface area contributed by atoms with Crippen molar-refractivity contribution in [3.05, 3.63) is 72.3 Å². The molecule has 0 aliphatic rings. The van der Waals surface area contributed by atoms with Gasteiger partial charge in [0, 0.05) is 28.6 Å². The number of rotatable bonds is 15. The first kappa shape index (κ1) is 35.4. The monoisotopic (exact) mass is 606 g/mol. The van der Waals surface area contributed by atoms with Gasteiger partial charge in [0.1, 0.15) is 28.6 Å². The molecule has 3 aromatic rings. The Labute approximate surface area is 269 Å². The molecule has 0 aliphatic carbocycles. The van der Waals surface area contributed by atoms with Gasteiger partial charge < -0.3 is 24.2 Å². The normalized spacial score (nSPS) is 11.7. The van der Waals surface area contributed by atoms with E-state index in [0.717, 1.165) is 42.7 Å². The largest absolute Gasteiger partial charge is 1.00 e. The second-order valence-corrected chi connectivity index (χ2v) is 11.5. The maximum absolute atomic E-state index is 12.2. The summed E-state index contributed by atoms with van der Waals surface area (Å²) in [5, 5.41) is 19.6. The first-order chi connectivity index (χ1) is 19.3. The second kappa shape index (κ2) is 18.6. The van der Waals surface area contributed by atoms with Crippen molar-refractivity contribution >= 4 is 21.9 Å². The molecule has 0 bridgehead atoms. The molecular formula is C31H35NaO7S2. The summed E-state index contributed by atoms with van der Waals surface area (Å²) in [6.07, 6.45) is 3.30. The van der Waals surface area contributed by atoms with Crippen LogP contribution < -0.4 is 34.3 Å². The maximum atomic E-state index is 12.2. The molecule has 10 heteroatoms. The minimum atomic E-state index is -4.79. The Hall–Kier alpha value is -1.84. The van der Waals surface area contributed by atoms with Crippen molar-refractivity contribution in [1.82, 2.24) is 0 Å². The van der Waals surface area contributed by atoms with E-state index >= 15 is 0 Å². The third-order valence-electron chi connectivity index (χ3n) is 5.96. The van der Waals surface area contributed by atoms with Crippen molar-refractivity contribution in [2.45, 2.75) is 59.8 Å². The van der Waals surface area contributed by atoms with Gasteiger partial charge in [-0.1, -0.05) is 67.3 Å². The predicted molar refractivity (Wildman–Crippen MR) is 155 cm³/mol. The molecule has 0 fully saturated rings. The quantitative estimate of drug-likeness (QED) is 0.118. The van der Waals surface area contributed by atoms with Gasteiger partial charge in [0.25, 0.3) is 0 Å². The maximum Gasteiger partial charge on any atom is 1.00 e. The first-order valence-corrected chi connectivity index (χ1v) is 15.5. The Morgan fingerprint density at radius 2 is 1.73 bits per heavy atom. The third-order valence-corrected chi connectivity index (χ3v) is 8.05. The zero-order chi connectivity index (χ0) is 28.8. The zero-order valence-electron chi connectivity index (χ0n) is 23.5. The summed E-state index contributed by atoms with van der Waals surface area (Å²) in [6.45, 7) is 3.57. The van der Waals surface area contributed by atoms with Gasteiger partial charge >= 0.3 is 29.6 Å². The van der Waals surface area contributed by atoms with E-state index in [1.165, 1.54) is 17.8 Å². The molecule has 3 aromatic carbocycles. The van der Waals surface area contributed by atoms with Gasteiger partial charge in [-0.3, -0.25) is 0 Å². The molecule has 0 saturated carbocycles. The molecule has 0 radical (unpaired) electrons. The van der Waals surface area contributed by atoms with E-state index in [0.29, 0.717) is 34.8 Å². The van der Waals surface area contributed by atoms with E-state index in [9.17, 15) is 18.1 Å². The molecule has 0 aromatic heterocycles. The second-order valence-electron chi connectivity index (χ2n) is 9.04. The molecule has 1 atom stereocenters. The Balaban J connectivity index is 0.00000588. The van der Waals surface area contributed by atoms with Gasteiger partial charge in [0.05, 0.1) is 11.5 Å². The summed E-state index contributed by atoms with van der Waals surface area (Å²) in [6, 6.07) is 19.0. The van der Waals surface area contributed by atoms with Crippen LogP contribution in [0.5, 0.6) is 5.75 Å². The fourth-order valence-electron chi connectivity index (χ4n) is 3.85. The number of hydrogen-bond donors (Lipinski definition) is 2. The topological polar surface area (TPSA) is 116 Å². The van der Waals surface area contributed by atoms with E-state index in [1.54, 1.807) is 36.4 Å². The summed E-state index contributed by atoms with van der Waals surface area (Å²) in [5.41, 5.74) is 1.55. The van der Waals surface area contributed by atoms with Crippen LogP contribution in [0.1, 0.15) is 50.7 Å². The fourth-order valence-corrected chi connectivity index (χ4v) is 5.69. The molecule has 0 amide bonds. The van der Waals surface area contributed by atoms with Crippen molar-refractivity contribution in [3.63, 3.8) is 0 Å². The molecule has 7 nitrogen and oxygen atoms in total. The SMILES string of the molecule is CCCCOc1ccc(Sc2ccc(-c3ccccc3C(O)C#CCOCCCCCO)cc2S(=O)(=O)[O-])cc1.[Na+]. The van der Waals surface area contributed by atoms with Crippen LogP contribution in [0.3, 0.4) is 0 Å². The van der Waals surface area contributed by atoms with Crippen molar-refractivity contribution in [2.24, 2.45) is 0 Å². The number of unbranched alkanes of at least 4 members (excludes halogenated alkanes) is 3. The van der Waals surface area contributed by atoms with Crippen LogP contribution in [0.25, 0.3) is 11.1 Å². The molecule has 0 aliphatic heterocycles. The Kier molecular flexibility index (Phi) is 16.1. The van der Waals surface area contributed by atoms with Crippen LogP contribution in [-0.2, 0) is 14.9 Å². The molecule has 1 unspecified atom stereocenters. The molecule has 41 heavy (non-hydrogen) atoms. The van der Waals surface area contributed by atoms with Crippen LogP contribution in [0.2, 0.25) is 0 Å². The smallest absolute Gasteiger partial charge is 0.744 e. The molecular weight excluding hydrogens is 571 g/mol. The van der Waals surface area contributed by atoms with Crippen LogP contribution in [0, 0.1) is 11.8 Å². The van der Waals surface area contributed by atoms with Crippen LogP contribution >= 0.6 is 11.8 Å². The van der Waals surface area contributed by atoms with E-state index in [4.69, 9.17) is 14.6 Å². The Morgan fingerprint density at radius 3 is 2.44 bits per heavy atom. The number of aliphatic hydroxyl groups is 2. The molecule has 0 saturated heterocycles. The van der Waals surface area contributed by atoms with Gasteiger partial charge in [-0.05, 0) is 73.2 Å². The average molecular weight is 607 g/mol. The fraction of sp³-hybridized carbons (Fsp3) is 0.355. The van der Waals surface area contributed by atoms with Crippen molar-refractivity contribution in [1.29, 1.82) is 0 Å². The van der Waals surface area contributed by atoms with E-state index < -0.39 is 16.2 Å². The summed E-state index contributed by atoms with van der Waals surface area (Å²) in [5.74, 6) is 6.31. The summed E-state index contributed by atoms with van der Waals surface area (Å²) >= 11 is 1.18.